The van der Waals surface area contributed by atoms with E-state index < -0.39 is 75.7 Å². The molecule has 11 heteroatoms. The minimum absolute atomic E-state index is 0.0117. The van der Waals surface area contributed by atoms with E-state index in [2.05, 4.69) is 5.32 Å². The quantitative estimate of drug-likeness (QED) is 0.271. The molecule has 0 bridgehead atoms. The molecule has 32 heavy (non-hydrogen) atoms. The van der Waals surface area contributed by atoms with Gasteiger partial charge in [0.05, 0.1) is 17.3 Å². The molecule has 0 heterocycles. The molecule has 0 radical (unpaired) electrons. The summed E-state index contributed by atoms with van der Waals surface area (Å²) in [6.45, 7) is 1.34. The number of halogens is 1. The Bertz CT molecular complexity index is 1100. The van der Waals surface area contributed by atoms with Gasteiger partial charge in [0.25, 0.3) is 0 Å². The molecule has 4 rings (SSSR count). The van der Waals surface area contributed by atoms with Crippen molar-refractivity contribution >= 4 is 34.8 Å². The summed E-state index contributed by atoms with van der Waals surface area (Å²) >= 11 is 6.26. The summed E-state index contributed by atoms with van der Waals surface area (Å²) in [6.07, 6.45) is -1.87. The first kappa shape index (κ1) is 22.7. The van der Waals surface area contributed by atoms with Crippen LogP contribution in [0.5, 0.6) is 5.75 Å². The number of ketones is 2. The highest BCUT2D eigenvalue weighted by Gasteiger charge is 2.69. The first-order valence-corrected chi connectivity index (χ1v) is 10.3. The van der Waals surface area contributed by atoms with E-state index in [0.29, 0.717) is 0 Å². The Morgan fingerprint density at radius 2 is 1.88 bits per heavy atom. The third-order valence-corrected chi connectivity index (χ3v) is 7.53. The number of carbonyl (C=O) groups is 3. The number of aliphatic hydroxyl groups is 4. The molecule has 1 aromatic carbocycles. The van der Waals surface area contributed by atoms with Crippen LogP contribution in [0.1, 0.15) is 24.5 Å². The van der Waals surface area contributed by atoms with E-state index in [4.69, 9.17) is 17.3 Å². The number of rotatable bonds is 2. The summed E-state index contributed by atoms with van der Waals surface area (Å²) in [4.78, 5) is 38.6. The van der Waals surface area contributed by atoms with Gasteiger partial charge in [0.15, 0.2) is 11.4 Å². The molecule has 0 saturated heterocycles. The lowest BCUT2D eigenvalue weighted by Crippen LogP contribution is -2.74. The van der Waals surface area contributed by atoms with Crippen molar-refractivity contribution in [1.82, 2.24) is 5.32 Å². The Hall–Kier alpha value is -2.50. The largest absolute Gasteiger partial charge is 0.507 e. The van der Waals surface area contributed by atoms with Crippen LogP contribution in [0.15, 0.2) is 17.7 Å². The molecule has 1 amide bonds. The van der Waals surface area contributed by atoms with Gasteiger partial charge in [-0.2, -0.15) is 0 Å². The zero-order valence-corrected chi connectivity index (χ0v) is 17.9. The van der Waals surface area contributed by atoms with Crippen molar-refractivity contribution in [2.45, 2.75) is 36.7 Å². The lowest BCUT2D eigenvalue weighted by atomic mass is 9.52. The van der Waals surface area contributed by atoms with Gasteiger partial charge >= 0.3 is 0 Å². The third kappa shape index (κ3) is 2.58. The molecule has 172 valence electrons. The highest BCUT2D eigenvalue weighted by atomic mass is 35.5. The number of carbonyl (C=O) groups excluding carboxylic acids is 3. The van der Waals surface area contributed by atoms with E-state index in [1.807, 2.05) is 0 Å². The summed E-state index contributed by atoms with van der Waals surface area (Å²) < 4.78 is 0. The van der Waals surface area contributed by atoms with Crippen LogP contribution in [0.25, 0.3) is 5.76 Å². The van der Waals surface area contributed by atoms with Crippen molar-refractivity contribution in [3.63, 3.8) is 0 Å². The van der Waals surface area contributed by atoms with Crippen LogP contribution in [-0.4, -0.2) is 67.8 Å². The van der Waals surface area contributed by atoms with Crippen molar-refractivity contribution < 1.29 is 39.9 Å². The van der Waals surface area contributed by atoms with E-state index in [1.165, 1.54) is 26.1 Å². The molecule has 10 nitrogen and oxygen atoms in total. The van der Waals surface area contributed by atoms with Crippen molar-refractivity contribution in [2.24, 2.45) is 23.5 Å². The van der Waals surface area contributed by atoms with Crippen LogP contribution in [0.3, 0.4) is 0 Å². The monoisotopic (exact) mass is 466 g/mol. The van der Waals surface area contributed by atoms with E-state index in [-0.39, 0.29) is 22.6 Å². The first-order valence-electron chi connectivity index (χ1n) is 9.95. The zero-order valence-electron chi connectivity index (χ0n) is 17.2. The second-order valence-electron chi connectivity index (χ2n) is 8.77. The normalized spacial score (nSPS) is 38.8. The highest BCUT2D eigenvalue weighted by molar-refractivity contribution is 6.32. The number of nitrogens with one attached hydrogen (secondary N) is 1. The summed E-state index contributed by atoms with van der Waals surface area (Å²) in [5.74, 6) is -9.20. The van der Waals surface area contributed by atoms with Gasteiger partial charge in [-0.15, -0.1) is 0 Å². The molecule has 0 aromatic heterocycles. The molecular weight excluding hydrogens is 444 g/mol. The van der Waals surface area contributed by atoms with Crippen molar-refractivity contribution in [3.05, 3.63) is 33.9 Å². The molecule has 2 saturated carbocycles. The third-order valence-electron chi connectivity index (χ3n) is 7.22. The van der Waals surface area contributed by atoms with Gasteiger partial charge < -0.3 is 36.6 Å². The van der Waals surface area contributed by atoms with E-state index in [9.17, 15) is 39.9 Å². The van der Waals surface area contributed by atoms with Crippen LogP contribution in [-0.2, 0) is 20.0 Å². The van der Waals surface area contributed by atoms with Crippen molar-refractivity contribution in [1.29, 1.82) is 0 Å². The maximum atomic E-state index is 13.6. The molecule has 3 aliphatic carbocycles. The molecule has 1 aromatic rings. The Morgan fingerprint density at radius 1 is 1.25 bits per heavy atom. The molecule has 7 unspecified atom stereocenters. The number of phenolic OH excluding ortho intramolecular Hbond substituents is 1. The van der Waals surface area contributed by atoms with E-state index in [1.54, 1.807) is 0 Å². The lowest BCUT2D eigenvalue weighted by Gasteiger charge is -2.54. The number of hydrogen-bond donors (Lipinski definition) is 7. The Kier molecular flexibility index (Phi) is 4.96. The maximum absolute atomic E-state index is 13.6. The number of Topliss-reactive ketones (excluding diaryl/α,β-unsaturated/α-hetero) is 2. The predicted octanol–water partition coefficient (Wildman–Crippen LogP) is -0.895. The SMILES string of the molecule is CNC1C(O)C(C(N)=O)C(=O)C2(O)C(=O)C3=C(O)c4c(O)ccc(Cl)c4C(C)(O)C3CC12. The number of aliphatic hydroxyl groups excluding tert-OH is 2. The second-order valence-corrected chi connectivity index (χ2v) is 9.17. The molecule has 3 aliphatic rings. The van der Waals surface area contributed by atoms with Crippen molar-refractivity contribution in [3.8, 4) is 5.75 Å². The number of nitrogens with two attached hydrogens (primary N) is 1. The molecule has 0 aliphatic heterocycles. The fourth-order valence-corrected chi connectivity index (χ4v) is 6.02. The Balaban J connectivity index is 2.00. The Labute approximate surface area is 187 Å². The van der Waals surface area contributed by atoms with Crippen LogP contribution in [0.4, 0.5) is 0 Å². The molecular formula is C21H23ClN2O8. The molecule has 0 spiro atoms. The predicted molar refractivity (Wildman–Crippen MR) is 110 cm³/mol. The number of phenols is 1. The summed E-state index contributed by atoms with van der Waals surface area (Å²) in [5, 5.41) is 57.5. The van der Waals surface area contributed by atoms with Gasteiger partial charge in [-0.3, -0.25) is 14.4 Å². The number of benzene rings is 1. The van der Waals surface area contributed by atoms with Crippen LogP contribution < -0.4 is 11.1 Å². The highest BCUT2D eigenvalue weighted by Crippen LogP contribution is 2.57. The fraction of sp³-hybridized carbons (Fsp3) is 0.476. The van der Waals surface area contributed by atoms with Gasteiger partial charge in [-0.1, -0.05) is 11.6 Å². The van der Waals surface area contributed by atoms with E-state index in [0.717, 1.165) is 0 Å². The number of likely N-dealkylation sites (N-methyl/N-ethyl adjacent to an activating group) is 1. The topological polar surface area (TPSA) is 190 Å². The van der Waals surface area contributed by atoms with Gasteiger partial charge in [0, 0.05) is 34.0 Å². The smallest absolute Gasteiger partial charge is 0.230 e. The maximum Gasteiger partial charge on any atom is 0.230 e. The van der Waals surface area contributed by atoms with E-state index >= 15 is 0 Å². The van der Waals surface area contributed by atoms with Crippen LogP contribution in [0, 0.1) is 17.8 Å². The first-order chi connectivity index (χ1) is 14.8. The minimum Gasteiger partial charge on any atom is -0.507 e. The number of amides is 1. The van der Waals surface area contributed by atoms with Crippen LogP contribution in [0.2, 0.25) is 5.02 Å². The Morgan fingerprint density at radius 3 is 2.44 bits per heavy atom. The second kappa shape index (κ2) is 7.00. The summed E-state index contributed by atoms with van der Waals surface area (Å²) in [7, 11) is 1.42. The molecule has 8 N–H and O–H groups in total. The van der Waals surface area contributed by atoms with Gasteiger partial charge in [-0.25, -0.2) is 0 Å². The average Bonchev–Trinajstić information content (AvgIpc) is 2.70. The summed E-state index contributed by atoms with van der Waals surface area (Å²) in [6, 6.07) is 1.38. The van der Waals surface area contributed by atoms with Gasteiger partial charge in [0.1, 0.15) is 17.4 Å². The summed E-state index contributed by atoms with van der Waals surface area (Å²) in [5.41, 5.74) is -0.186. The average molecular weight is 467 g/mol. The lowest BCUT2D eigenvalue weighted by molar-refractivity contribution is -0.182. The number of fused-ring (bicyclic) bond motifs is 3. The zero-order chi connectivity index (χ0) is 23.9. The molecule has 2 fully saturated rings. The number of primary amides is 1. The van der Waals surface area contributed by atoms with Gasteiger partial charge in [0.2, 0.25) is 11.7 Å². The fourth-order valence-electron chi connectivity index (χ4n) is 5.68. The number of aromatic hydroxyl groups is 1. The van der Waals surface area contributed by atoms with Crippen LogP contribution >= 0.6 is 11.6 Å². The van der Waals surface area contributed by atoms with Gasteiger partial charge in [-0.05, 0) is 32.5 Å². The molecule has 7 atom stereocenters. The van der Waals surface area contributed by atoms with Crippen molar-refractivity contribution in [2.75, 3.05) is 7.05 Å². The standard InChI is InChI=1S/C21H23ClN2O8/c1-20(31)6-5-7-14(24-2)16(27)12(19(23)30)18(29)21(7,32)17(28)10(6)15(26)11-9(25)4-3-8(22)13(11)20/h3-4,6-7,12,14,16,24-27,31-32H,5H2,1-2H3,(H2,23,30). The number of hydrogen-bond acceptors (Lipinski definition) is 9. The minimum atomic E-state index is -2.80.